The molecular weight excluding hydrogens is 343 g/mol. The van der Waals surface area contributed by atoms with Crippen LogP contribution in [0.3, 0.4) is 0 Å². The molecule has 6 heteroatoms. The molecule has 0 saturated heterocycles. The van der Waals surface area contributed by atoms with E-state index in [2.05, 4.69) is 0 Å². The maximum atomic E-state index is 12.8. The van der Waals surface area contributed by atoms with Gasteiger partial charge in [0.25, 0.3) is 6.43 Å². The van der Waals surface area contributed by atoms with Crippen LogP contribution >= 0.6 is 22.6 Å². The minimum atomic E-state index is -2.82. The zero-order valence-corrected chi connectivity index (χ0v) is 11.0. The van der Waals surface area contributed by atoms with Gasteiger partial charge in [-0.3, -0.25) is 0 Å². The number of alkyl halides is 2. The summed E-state index contributed by atoms with van der Waals surface area (Å²) in [6, 6.07) is 4.16. The van der Waals surface area contributed by atoms with Crippen LogP contribution in [0.25, 0.3) is 0 Å². The zero-order valence-electron chi connectivity index (χ0n) is 8.84. The fraction of sp³-hybridized carbons (Fsp3) is 0.273. The number of esters is 1. The number of benzene rings is 1. The minimum absolute atomic E-state index is 0.0951. The Kier molecular flexibility index (Phi) is 4.81. The topological polar surface area (TPSA) is 50.1 Å². The number of halogens is 3. The molecule has 0 spiro atoms. The standard InChI is InChI=1S/C11H8F2INO2/c1-2-17-11(16)9-7(10(12)13)3-6(5-15)4-8(9)14/h3-4,10H,2H2,1H3. The number of carbonyl (C=O) groups is 1. The number of nitriles is 1. The number of carbonyl (C=O) groups excluding carboxylic acids is 1. The lowest BCUT2D eigenvalue weighted by Crippen LogP contribution is -2.11. The normalized spacial score (nSPS) is 10.1. The summed E-state index contributed by atoms with van der Waals surface area (Å²) in [5.41, 5.74) is -0.536. The van der Waals surface area contributed by atoms with E-state index in [1.54, 1.807) is 35.6 Å². The lowest BCUT2D eigenvalue weighted by atomic mass is 10.0. The SMILES string of the molecule is CCOC(=O)c1c(I)cc(C#N)cc1C(F)F. The van der Waals surface area contributed by atoms with Crippen molar-refractivity contribution in [3.8, 4) is 6.07 Å². The van der Waals surface area contributed by atoms with Crippen molar-refractivity contribution in [1.82, 2.24) is 0 Å². The Labute approximate surface area is 111 Å². The third-order valence-corrected chi connectivity index (χ3v) is 2.82. The first kappa shape index (κ1) is 13.8. The van der Waals surface area contributed by atoms with Crippen molar-refractivity contribution in [3.63, 3.8) is 0 Å². The summed E-state index contributed by atoms with van der Waals surface area (Å²) in [7, 11) is 0. The van der Waals surface area contributed by atoms with Crippen LogP contribution in [-0.4, -0.2) is 12.6 Å². The molecule has 0 amide bonds. The van der Waals surface area contributed by atoms with Gasteiger partial charge in [-0.2, -0.15) is 5.26 Å². The Morgan fingerprint density at radius 1 is 1.59 bits per heavy atom. The molecule has 0 aliphatic carbocycles. The van der Waals surface area contributed by atoms with E-state index in [1.807, 2.05) is 0 Å². The van der Waals surface area contributed by atoms with E-state index in [4.69, 9.17) is 10.00 Å². The van der Waals surface area contributed by atoms with Gasteiger partial charge in [-0.25, -0.2) is 13.6 Å². The Hall–Kier alpha value is -1.23. The summed E-state index contributed by atoms with van der Waals surface area (Å²) >= 11 is 1.74. The highest BCUT2D eigenvalue weighted by atomic mass is 127. The van der Waals surface area contributed by atoms with E-state index < -0.39 is 18.0 Å². The second kappa shape index (κ2) is 5.91. The molecule has 0 heterocycles. The van der Waals surface area contributed by atoms with E-state index in [0.29, 0.717) is 0 Å². The summed E-state index contributed by atoms with van der Waals surface area (Å²) in [4.78, 5) is 11.5. The summed E-state index contributed by atoms with van der Waals surface area (Å²) in [6.45, 7) is 1.70. The van der Waals surface area contributed by atoms with Crippen LogP contribution in [0.4, 0.5) is 8.78 Å². The van der Waals surface area contributed by atoms with Gasteiger partial charge < -0.3 is 4.74 Å². The van der Waals surface area contributed by atoms with Crippen molar-refractivity contribution in [3.05, 3.63) is 32.4 Å². The molecule has 0 unspecified atom stereocenters. The first-order valence-electron chi connectivity index (χ1n) is 4.70. The van der Waals surface area contributed by atoms with Crippen LogP contribution in [0.1, 0.15) is 34.8 Å². The predicted molar refractivity (Wildman–Crippen MR) is 64.8 cm³/mol. The van der Waals surface area contributed by atoms with Gasteiger partial charge in [0.1, 0.15) is 0 Å². The van der Waals surface area contributed by atoms with E-state index in [9.17, 15) is 13.6 Å². The van der Waals surface area contributed by atoms with Crippen molar-refractivity contribution < 1.29 is 18.3 Å². The first-order valence-corrected chi connectivity index (χ1v) is 5.78. The number of nitrogens with zero attached hydrogens (tertiary/aromatic N) is 1. The molecule has 0 fully saturated rings. The monoisotopic (exact) mass is 351 g/mol. The largest absolute Gasteiger partial charge is 0.462 e. The van der Waals surface area contributed by atoms with Gasteiger partial charge in [0.05, 0.1) is 23.8 Å². The van der Waals surface area contributed by atoms with Gasteiger partial charge in [0.2, 0.25) is 0 Å². The molecular formula is C11H8F2INO2. The van der Waals surface area contributed by atoms with Gasteiger partial charge in [0, 0.05) is 9.13 Å². The summed E-state index contributed by atoms with van der Waals surface area (Å²) < 4.78 is 30.6. The minimum Gasteiger partial charge on any atom is -0.462 e. The van der Waals surface area contributed by atoms with E-state index >= 15 is 0 Å². The number of ether oxygens (including phenoxy) is 1. The maximum absolute atomic E-state index is 12.8. The van der Waals surface area contributed by atoms with Gasteiger partial charge >= 0.3 is 5.97 Å². The van der Waals surface area contributed by atoms with E-state index in [0.717, 1.165) is 6.07 Å². The molecule has 0 saturated carbocycles. The third-order valence-electron chi connectivity index (χ3n) is 1.96. The highest BCUT2D eigenvalue weighted by Gasteiger charge is 2.23. The molecule has 1 aromatic rings. The second-order valence-corrected chi connectivity index (χ2v) is 4.22. The van der Waals surface area contributed by atoms with E-state index in [-0.39, 0.29) is 21.3 Å². The number of hydrogen-bond acceptors (Lipinski definition) is 3. The molecule has 0 aliphatic heterocycles. The lowest BCUT2D eigenvalue weighted by molar-refractivity contribution is 0.0514. The van der Waals surface area contributed by atoms with Crippen LogP contribution < -0.4 is 0 Å². The molecule has 0 bridgehead atoms. The predicted octanol–water partition coefficient (Wildman–Crippen LogP) is 3.28. The molecule has 0 atom stereocenters. The fourth-order valence-corrected chi connectivity index (χ4v) is 2.15. The first-order chi connectivity index (χ1) is 8.01. The van der Waals surface area contributed by atoms with E-state index in [1.165, 1.54) is 6.07 Å². The van der Waals surface area contributed by atoms with Crippen molar-refractivity contribution in [2.24, 2.45) is 0 Å². The molecule has 0 aromatic heterocycles. The molecule has 0 radical (unpaired) electrons. The quantitative estimate of drug-likeness (QED) is 0.620. The summed E-state index contributed by atoms with van der Waals surface area (Å²) in [5, 5.41) is 8.69. The van der Waals surface area contributed by atoms with Crippen molar-refractivity contribution in [2.75, 3.05) is 6.61 Å². The maximum Gasteiger partial charge on any atom is 0.339 e. The highest BCUT2D eigenvalue weighted by molar-refractivity contribution is 14.1. The third kappa shape index (κ3) is 3.12. The fourth-order valence-electron chi connectivity index (χ4n) is 1.28. The van der Waals surface area contributed by atoms with Gasteiger partial charge in [-0.15, -0.1) is 0 Å². The molecule has 0 aliphatic rings. The van der Waals surface area contributed by atoms with Gasteiger partial charge in [-0.05, 0) is 41.6 Å². The van der Waals surface area contributed by atoms with Crippen molar-refractivity contribution in [2.45, 2.75) is 13.3 Å². The molecule has 1 rings (SSSR count). The Morgan fingerprint density at radius 2 is 2.24 bits per heavy atom. The second-order valence-electron chi connectivity index (χ2n) is 3.06. The highest BCUT2D eigenvalue weighted by Crippen LogP contribution is 2.28. The zero-order chi connectivity index (χ0) is 13.0. The van der Waals surface area contributed by atoms with Crippen LogP contribution in [0, 0.1) is 14.9 Å². The van der Waals surface area contributed by atoms with Gasteiger partial charge in [0.15, 0.2) is 0 Å². The lowest BCUT2D eigenvalue weighted by Gasteiger charge is -2.10. The van der Waals surface area contributed by atoms with Gasteiger partial charge in [-0.1, -0.05) is 0 Å². The molecule has 90 valence electrons. The van der Waals surface area contributed by atoms with Crippen molar-refractivity contribution >= 4 is 28.6 Å². The molecule has 0 N–H and O–H groups in total. The Morgan fingerprint density at radius 3 is 2.71 bits per heavy atom. The van der Waals surface area contributed by atoms with Crippen LogP contribution in [0.15, 0.2) is 12.1 Å². The molecule has 1 aromatic carbocycles. The average Bonchev–Trinajstić information content (AvgIpc) is 2.27. The smallest absolute Gasteiger partial charge is 0.339 e. The van der Waals surface area contributed by atoms with Crippen molar-refractivity contribution in [1.29, 1.82) is 5.26 Å². The average molecular weight is 351 g/mol. The number of rotatable bonds is 3. The summed E-state index contributed by atoms with van der Waals surface area (Å²) in [5.74, 6) is -0.795. The molecule has 3 nitrogen and oxygen atoms in total. The summed E-state index contributed by atoms with van der Waals surface area (Å²) in [6.07, 6.45) is -2.82. The van der Waals surface area contributed by atoms with Crippen LogP contribution in [0.2, 0.25) is 0 Å². The Balaban J connectivity index is 3.37. The molecule has 17 heavy (non-hydrogen) atoms. The van der Waals surface area contributed by atoms with Crippen LogP contribution in [0.5, 0.6) is 0 Å². The van der Waals surface area contributed by atoms with Crippen LogP contribution in [-0.2, 0) is 4.74 Å². The number of hydrogen-bond donors (Lipinski definition) is 0. The Bertz CT molecular complexity index is 483.